The highest BCUT2D eigenvalue weighted by Crippen LogP contribution is 2.42. The van der Waals surface area contributed by atoms with Gasteiger partial charge in [-0.1, -0.05) is 36.8 Å². The number of carbonyl (C=O) groups excluding carboxylic acids is 3. The molecule has 2 aromatic rings. The Balaban J connectivity index is 1.47. The average Bonchev–Trinajstić information content (AvgIpc) is 3.67. The number of terminal acetylenes is 1. The molecule has 1 unspecified atom stereocenters. The molecule has 44 heavy (non-hydrogen) atoms. The van der Waals surface area contributed by atoms with Gasteiger partial charge in [0, 0.05) is 43.7 Å². The fourth-order valence-electron chi connectivity index (χ4n) is 6.11. The lowest BCUT2D eigenvalue weighted by atomic mass is 9.97. The smallest absolute Gasteiger partial charge is 0.318 e. The first-order valence-corrected chi connectivity index (χ1v) is 14.8. The fourth-order valence-corrected chi connectivity index (χ4v) is 6.11. The minimum atomic E-state index is -0.669. The van der Waals surface area contributed by atoms with Gasteiger partial charge in [0.2, 0.25) is 5.91 Å². The maximum atomic E-state index is 13.7. The van der Waals surface area contributed by atoms with Crippen molar-refractivity contribution in [2.24, 2.45) is 7.05 Å². The third kappa shape index (κ3) is 6.79. The SMILES string of the molecule is C#C/C=C\C=C(/C)[C@@H](CN(C)C)NC(=O)N1Cc2c(NC(=O)c3ccc(C4CCN(C(=O)C=C)C4)cc3)nn(C)c2C1(C)C. The molecular formula is C34H43N7O3. The molecule has 3 heterocycles. The van der Waals surface area contributed by atoms with Gasteiger partial charge in [0.25, 0.3) is 5.91 Å². The Morgan fingerprint density at radius 3 is 2.59 bits per heavy atom. The minimum absolute atomic E-state index is 0.0560. The van der Waals surface area contributed by atoms with Crippen LogP contribution < -0.4 is 10.6 Å². The Kier molecular flexibility index (Phi) is 9.80. The maximum absolute atomic E-state index is 13.7. The molecule has 4 rings (SSSR count). The van der Waals surface area contributed by atoms with E-state index in [1.54, 1.807) is 38.8 Å². The van der Waals surface area contributed by atoms with Gasteiger partial charge < -0.3 is 25.3 Å². The lowest BCUT2D eigenvalue weighted by molar-refractivity contribution is -0.125. The van der Waals surface area contributed by atoms with Crippen molar-refractivity contribution in [2.75, 3.05) is 39.0 Å². The number of nitrogens with one attached hydrogen (secondary N) is 2. The lowest BCUT2D eigenvalue weighted by Crippen LogP contribution is -2.52. The van der Waals surface area contributed by atoms with Gasteiger partial charge in [-0.05, 0) is 76.7 Å². The summed E-state index contributed by atoms with van der Waals surface area (Å²) in [6, 6.07) is 7.06. The third-order valence-electron chi connectivity index (χ3n) is 8.46. The van der Waals surface area contributed by atoms with Gasteiger partial charge in [0.15, 0.2) is 5.82 Å². The zero-order valence-electron chi connectivity index (χ0n) is 26.6. The Morgan fingerprint density at radius 1 is 1.25 bits per heavy atom. The largest absolute Gasteiger partial charge is 0.339 e. The van der Waals surface area contributed by atoms with E-state index in [1.165, 1.54) is 6.08 Å². The third-order valence-corrected chi connectivity index (χ3v) is 8.46. The Hall–Kier alpha value is -4.62. The molecule has 10 nitrogen and oxygen atoms in total. The Labute approximate surface area is 260 Å². The molecule has 4 amide bonds. The summed E-state index contributed by atoms with van der Waals surface area (Å²) in [7, 11) is 5.75. The van der Waals surface area contributed by atoms with E-state index in [-0.39, 0.29) is 29.8 Å². The second kappa shape index (κ2) is 13.3. The number of rotatable bonds is 9. The van der Waals surface area contributed by atoms with Crippen molar-refractivity contribution in [1.29, 1.82) is 0 Å². The van der Waals surface area contributed by atoms with E-state index in [2.05, 4.69) is 28.2 Å². The second-order valence-corrected chi connectivity index (χ2v) is 12.2. The molecular weight excluding hydrogens is 554 g/mol. The van der Waals surface area contributed by atoms with Crippen molar-refractivity contribution in [3.8, 4) is 12.3 Å². The summed E-state index contributed by atoms with van der Waals surface area (Å²) >= 11 is 0. The number of benzene rings is 1. The van der Waals surface area contributed by atoms with Crippen LogP contribution in [0.15, 0.2) is 60.7 Å². The number of anilines is 1. The number of hydrogen-bond donors (Lipinski definition) is 2. The van der Waals surface area contributed by atoms with Crippen molar-refractivity contribution in [3.05, 3.63) is 83.1 Å². The normalized spacial score (nSPS) is 18.3. The highest BCUT2D eigenvalue weighted by molar-refractivity contribution is 6.04. The second-order valence-electron chi connectivity index (χ2n) is 12.2. The molecule has 1 aromatic carbocycles. The number of nitrogens with zero attached hydrogens (tertiary/aromatic N) is 5. The summed E-state index contributed by atoms with van der Waals surface area (Å²) in [4.78, 5) is 44.6. The predicted octanol–water partition coefficient (Wildman–Crippen LogP) is 4.00. The molecule has 2 aliphatic rings. The maximum Gasteiger partial charge on any atom is 0.318 e. The molecule has 1 saturated heterocycles. The molecule has 0 radical (unpaired) electrons. The minimum Gasteiger partial charge on any atom is -0.339 e. The van der Waals surface area contributed by atoms with E-state index in [4.69, 9.17) is 6.42 Å². The number of hydrogen-bond acceptors (Lipinski definition) is 5. The number of allylic oxidation sites excluding steroid dienone is 3. The Morgan fingerprint density at radius 2 is 1.95 bits per heavy atom. The fraction of sp³-hybridized carbons (Fsp3) is 0.412. The molecule has 0 spiro atoms. The van der Waals surface area contributed by atoms with Gasteiger partial charge in [0.1, 0.15) is 0 Å². The van der Waals surface area contributed by atoms with E-state index in [0.29, 0.717) is 37.6 Å². The molecule has 10 heteroatoms. The van der Waals surface area contributed by atoms with Crippen molar-refractivity contribution < 1.29 is 14.4 Å². The van der Waals surface area contributed by atoms with Crippen LogP contribution in [0.25, 0.3) is 0 Å². The van der Waals surface area contributed by atoms with E-state index >= 15 is 0 Å². The lowest BCUT2D eigenvalue weighted by Gasteiger charge is -2.34. The number of urea groups is 1. The molecule has 232 valence electrons. The van der Waals surface area contributed by atoms with Crippen molar-refractivity contribution in [3.63, 3.8) is 0 Å². The standard InChI is InChI=1S/C34H43N7O3/c1-9-11-12-13-23(3)28(22-38(6)7)35-33(44)41-21-27-30(34(41,4)5)39(8)37-31(27)36-32(43)25-16-14-24(15-17-25)26-18-19-40(20-26)29(42)10-2/h1,10-17,26,28H,2,18-22H2,3-8H3,(H,35,44)(H,36,37,43)/b12-11-,23-13+/t26?,28-/m1/s1. The van der Waals surface area contributed by atoms with Gasteiger partial charge >= 0.3 is 6.03 Å². The van der Waals surface area contributed by atoms with Gasteiger partial charge in [-0.3, -0.25) is 14.3 Å². The highest BCUT2D eigenvalue weighted by Gasteiger charge is 2.45. The molecule has 2 N–H and O–H groups in total. The van der Waals surface area contributed by atoms with Crippen molar-refractivity contribution >= 4 is 23.7 Å². The number of amides is 4. The molecule has 2 aliphatic heterocycles. The molecule has 0 aliphatic carbocycles. The van der Waals surface area contributed by atoms with Crippen LogP contribution >= 0.6 is 0 Å². The van der Waals surface area contributed by atoms with Crippen LogP contribution in [-0.2, 0) is 23.9 Å². The number of aromatic nitrogens is 2. The number of fused-ring (bicyclic) bond motifs is 1. The van der Waals surface area contributed by atoms with Crippen LogP contribution in [0.1, 0.15) is 60.3 Å². The highest BCUT2D eigenvalue weighted by atomic mass is 16.2. The Bertz CT molecular complexity index is 1520. The van der Waals surface area contributed by atoms with Gasteiger partial charge in [-0.25, -0.2) is 4.79 Å². The zero-order valence-corrected chi connectivity index (χ0v) is 26.6. The summed E-state index contributed by atoms with van der Waals surface area (Å²) in [6.45, 7) is 11.8. The monoisotopic (exact) mass is 597 g/mol. The molecule has 0 saturated carbocycles. The first kappa shape index (κ1) is 32.3. The summed E-state index contributed by atoms with van der Waals surface area (Å²) in [5, 5.41) is 10.8. The van der Waals surface area contributed by atoms with E-state index in [9.17, 15) is 14.4 Å². The van der Waals surface area contributed by atoms with Crippen LogP contribution in [0.3, 0.4) is 0 Å². The summed E-state index contributed by atoms with van der Waals surface area (Å²) < 4.78 is 1.74. The first-order chi connectivity index (χ1) is 20.9. The van der Waals surface area contributed by atoms with Crippen LogP contribution in [0, 0.1) is 12.3 Å². The zero-order chi connectivity index (χ0) is 32.2. The summed E-state index contributed by atoms with van der Waals surface area (Å²) in [5.74, 6) is 2.81. The van der Waals surface area contributed by atoms with Crippen LogP contribution in [0.2, 0.25) is 0 Å². The van der Waals surface area contributed by atoms with Gasteiger partial charge in [-0.15, -0.1) is 6.42 Å². The first-order valence-electron chi connectivity index (χ1n) is 14.8. The quantitative estimate of drug-likeness (QED) is 0.259. The topological polar surface area (TPSA) is 103 Å². The van der Waals surface area contributed by atoms with Crippen LogP contribution in [0.5, 0.6) is 0 Å². The number of carbonyl (C=O) groups is 3. The predicted molar refractivity (Wildman–Crippen MR) is 173 cm³/mol. The molecule has 1 aromatic heterocycles. The summed E-state index contributed by atoms with van der Waals surface area (Å²) in [5.41, 5.74) is 3.58. The van der Waals surface area contributed by atoms with Crippen LogP contribution in [0.4, 0.5) is 10.6 Å². The number of aryl methyl sites for hydroxylation is 1. The van der Waals surface area contributed by atoms with E-state index < -0.39 is 5.54 Å². The number of likely N-dealkylation sites (tertiary alicyclic amines) is 1. The average molecular weight is 598 g/mol. The van der Waals surface area contributed by atoms with E-state index in [0.717, 1.165) is 28.8 Å². The molecule has 0 bridgehead atoms. The van der Waals surface area contributed by atoms with Crippen molar-refractivity contribution in [2.45, 2.75) is 51.2 Å². The number of likely N-dealkylation sites (N-methyl/N-ethyl adjacent to an activating group) is 1. The van der Waals surface area contributed by atoms with Gasteiger partial charge in [0.05, 0.1) is 23.8 Å². The molecule has 1 fully saturated rings. The van der Waals surface area contributed by atoms with E-state index in [1.807, 2.05) is 65.0 Å². The molecule has 2 atom stereocenters. The van der Waals surface area contributed by atoms with Crippen LogP contribution in [-0.4, -0.2) is 82.1 Å². The van der Waals surface area contributed by atoms with Crippen molar-refractivity contribution in [1.82, 2.24) is 29.8 Å². The van der Waals surface area contributed by atoms with Gasteiger partial charge in [-0.2, -0.15) is 5.10 Å². The summed E-state index contributed by atoms with van der Waals surface area (Å²) in [6.07, 6.45) is 12.9.